The normalized spacial score (nSPS) is 24.0. The topological polar surface area (TPSA) is 129 Å². The number of hydrogen-bond acceptors (Lipinski definition) is 7. The largest absolute Gasteiger partial charge is 0.480 e. The first-order chi connectivity index (χ1) is 17.4. The number of fused-ring (bicyclic) bond motifs is 1. The number of likely N-dealkylation sites (tertiary alicyclic amines) is 1. The first-order valence-corrected chi connectivity index (χ1v) is 12.6. The number of carboxylic acids is 1. The average Bonchev–Trinajstić information content (AvgIpc) is 3.37. The number of urea groups is 1. The van der Waals surface area contributed by atoms with E-state index in [0.717, 1.165) is 36.4 Å². The van der Waals surface area contributed by atoms with Crippen LogP contribution in [0.3, 0.4) is 0 Å². The van der Waals surface area contributed by atoms with E-state index in [2.05, 4.69) is 5.32 Å². The molecule has 0 radical (unpaired) electrons. The molecule has 4 aliphatic rings. The molecule has 0 aromatic heterocycles. The van der Waals surface area contributed by atoms with Crippen molar-refractivity contribution >= 4 is 23.8 Å². The van der Waals surface area contributed by atoms with Gasteiger partial charge in [0.2, 0.25) is 18.6 Å². The summed E-state index contributed by atoms with van der Waals surface area (Å²) in [5, 5.41) is 13.0. The number of piperidine rings is 1. The Labute approximate surface area is 209 Å². The summed E-state index contributed by atoms with van der Waals surface area (Å²) < 4.78 is 10.7. The lowest BCUT2D eigenvalue weighted by atomic mass is 9.78. The molecule has 11 nitrogen and oxygen atoms in total. The van der Waals surface area contributed by atoms with Gasteiger partial charge in [-0.3, -0.25) is 9.59 Å². The number of aryl methyl sites for hydroxylation is 1. The third-order valence-electron chi connectivity index (χ3n) is 7.69. The summed E-state index contributed by atoms with van der Waals surface area (Å²) in [4.78, 5) is 54.6. The van der Waals surface area contributed by atoms with Crippen LogP contribution in [0.25, 0.3) is 0 Å². The highest BCUT2D eigenvalue weighted by molar-refractivity contribution is 6.07. The molecule has 4 aliphatic heterocycles. The number of imide groups is 1. The molecule has 2 atom stereocenters. The van der Waals surface area contributed by atoms with E-state index in [9.17, 15) is 24.3 Å². The number of ether oxygens (including phenoxy) is 2. The number of β-lactam (4-membered cyclic amide) rings is 1. The fourth-order valence-electron chi connectivity index (χ4n) is 5.56. The fourth-order valence-corrected chi connectivity index (χ4v) is 5.56. The molecule has 1 aromatic rings. The molecule has 2 N–H and O–H groups in total. The Morgan fingerprint density at radius 2 is 1.69 bits per heavy atom. The van der Waals surface area contributed by atoms with Crippen molar-refractivity contribution in [2.75, 3.05) is 46.1 Å². The van der Waals surface area contributed by atoms with E-state index in [1.807, 2.05) is 18.2 Å². The zero-order valence-electron chi connectivity index (χ0n) is 20.2. The van der Waals surface area contributed by atoms with Crippen molar-refractivity contribution in [3.8, 4) is 11.5 Å². The summed E-state index contributed by atoms with van der Waals surface area (Å²) in [5.41, 5.74) is 0.983. The summed E-state index contributed by atoms with van der Waals surface area (Å²) in [6.45, 7) is 3.18. The predicted molar refractivity (Wildman–Crippen MR) is 126 cm³/mol. The third-order valence-corrected chi connectivity index (χ3v) is 7.69. The quantitative estimate of drug-likeness (QED) is 0.552. The van der Waals surface area contributed by atoms with Gasteiger partial charge >= 0.3 is 12.0 Å². The molecule has 4 heterocycles. The molecule has 36 heavy (non-hydrogen) atoms. The Hall–Kier alpha value is -3.34. The van der Waals surface area contributed by atoms with Gasteiger partial charge in [0.25, 0.3) is 0 Å². The molecule has 3 fully saturated rings. The third kappa shape index (κ3) is 4.84. The number of carbonyl (C=O) groups is 4. The predicted octanol–water partition coefficient (Wildman–Crippen LogP) is 0.913. The van der Waals surface area contributed by atoms with Crippen molar-refractivity contribution in [3.63, 3.8) is 0 Å². The SMILES string of the molecule is O=C(O)[C@@H]1[C@@H](CC2CCNCC2)C(=O)N1C(=O)N1CCN(C(=O)CCc2ccc3c(c2)OCO3)CC1. The molecule has 4 amide bonds. The number of aliphatic carboxylic acids is 1. The monoisotopic (exact) mass is 500 g/mol. The lowest BCUT2D eigenvalue weighted by Gasteiger charge is -2.47. The maximum atomic E-state index is 13.1. The molecule has 11 heteroatoms. The van der Waals surface area contributed by atoms with Crippen LogP contribution in [0.1, 0.15) is 31.2 Å². The second kappa shape index (κ2) is 10.3. The van der Waals surface area contributed by atoms with E-state index >= 15 is 0 Å². The molecule has 194 valence electrons. The summed E-state index contributed by atoms with van der Waals surface area (Å²) in [6.07, 6.45) is 3.23. The van der Waals surface area contributed by atoms with Crippen LogP contribution in [0, 0.1) is 11.8 Å². The molecule has 0 spiro atoms. The van der Waals surface area contributed by atoms with E-state index in [1.165, 1.54) is 4.90 Å². The van der Waals surface area contributed by atoms with Gasteiger partial charge in [0.1, 0.15) is 0 Å². The summed E-state index contributed by atoms with van der Waals surface area (Å²) in [7, 11) is 0. The number of nitrogens with zero attached hydrogens (tertiary/aromatic N) is 3. The van der Waals surface area contributed by atoms with Crippen LogP contribution < -0.4 is 14.8 Å². The summed E-state index contributed by atoms with van der Waals surface area (Å²) in [5.74, 6) is -0.502. The second-order valence-electron chi connectivity index (χ2n) is 9.86. The Morgan fingerprint density at radius 1 is 1.00 bits per heavy atom. The Balaban J connectivity index is 1.11. The smallest absolute Gasteiger partial charge is 0.327 e. The van der Waals surface area contributed by atoms with Gasteiger partial charge in [-0.15, -0.1) is 0 Å². The van der Waals surface area contributed by atoms with Crippen LogP contribution in [0.2, 0.25) is 0 Å². The molecule has 0 saturated carbocycles. The Morgan fingerprint density at radius 3 is 2.42 bits per heavy atom. The number of rotatable bonds is 6. The van der Waals surface area contributed by atoms with Crippen LogP contribution in [-0.4, -0.2) is 95.7 Å². The number of hydrogen-bond donors (Lipinski definition) is 2. The highest BCUT2D eigenvalue weighted by Gasteiger charge is 2.56. The van der Waals surface area contributed by atoms with Crippen LogP contribution in [0.5, 0.6) is 11.5 Å². The van der Waals surface area contributed by atoms with Gasteiger partial charge in [0.05, 0.1) is 5.92 Å². The van der Waals surface area contributed by atoms with Gasteiger partial charge in [-0.05, 0) is 62.4 Å². The Kier molecular flexibility index (Phi) is 6.99. The van der Waals surface area contributed by atoms with Crippen LogP contribution in [0.15, 0.2) is 18.2 Å². The minimum Gasteiger partial charge on any atom is -0.480 e. The molecular weight excluding hydrogens is 468 g/mol. The molecule has 5 rings (SSSR count). The van der Waals surface area contributed by atoms with E-state index in [1.54, 1.807) is 4.90 Å². The van der Waals surface area contributed by atoms with Crippen molar-refractivity contribution < 1.29 is 33.8 Å². The number of nitrogens with one attached hydrogen (secondary N) is 1. The zero-order valence-corrected chi connectivity index (χ0v) is 20.2. The van der Waals surface area contributed by atoms with Gasteiger partial charge in [-0.2, -0.15) is 0 Å². The molecule has 0 unspecified atom stereocenters. The van der Waals surface area contributed by atoms with Crippen LogP contribution in [-0.2, 0) is 20.8 Å². The van der Waals surface area contributed by atoms with Gasteiger partial charge in [0, 0.05) is 32.6 Å². The van der Waals surface area contributed by atoms with E-state index in [0.29, 0.717) is 49.8 Å². The highest BCUT2D eigenvalue weighted by Crippen LogP contribution is 2.36. The lowest BCUT2D eigenvalue weighted by Crippen LogP contribution is -2.69. The molecule has 3 saturated heterocycles. The van der Waals surface area contributed by atoms with Crippen LogP contribution >= 0.6 is 0 Å². The van der Waals surface area contributed by atoms with E-state index < -0.39 is 29.9 Å². The maximum absolute atomic E-state index is 13.1. The number of carbonyl (C=O) groups excluding carboxylic acids is 3. The van der Waals surface area contributed by atoms with Crippen molar-refractivity contribution in [3.05, 3.63) is 23.8 Å². The van der Waals surface area contributed by atoms with E-state index in [-0.39, 0.29) is 25.8 Å². The first-order valence-electron chi connectivity index (χ1n) is 12.6. The van der Waals surface area contributed by atoms with Gasteiger partial charge in [0.15, 0.2) is 17.5 Å². The van der Waals surface area contributed by atoms with Gasteiger partial charge in [-0.25, -0.2) is 14.5 Å². The van der Waals surface area contributed by atoms with Crippen LogP contribution in [0.4, 0.5) is 4.79 Å². The van der Waals surface area contributed by atoms with E-state index in [4.69, 9.17) is 9.47 Å². The zero-order chi connectivity index (χ0) is 25.2. The number of benzene rings is 1. The number of amides is 4. The fraction of sp³-hybridized carbons (Fsp3) is 0.600. The molecular formula is C25H32N4O7. The highest BCUT2D eigenvalue weighted by atomic mass is 16.7. The first kappa shape index (κ1) is 24.4. The minimum absolute atomic E-state index is 0.00904. The van der Waals surface area contributed by atoms with Crippen molar-refractivity contribution in [1.82, 2.24) is 20.0 Å². The molecule has 0 aliphatic carbocycles. The molecule has 1 aromatic carbocycles. The van der Waals surface area contributed by atoms with Crippen molar-refractivity contribution in [2.24, 2.45) is 11.8 Å². The Bertz CT molecular complexity index is 1030. The van der Waals surface area contributed by atoms with Gasteiger partial charge in [-0.1, -0.05) is 6.07 Å². The second-order valence-corrected chi connectivity index (χ2v) is 9.86. The summed E-state index contributed by atoms with van der Waals surface area (Å²) in [6, 6.07) is 3.96. The number of carboxylic acid groups (broad SMARTS) is 1. The van der Waals surface area contributed by atoms with Crippen molar-refractivity contribution in [1.29, 1.82) is 0 Å². The number of piperazine rings is 1. The minimum atomic E-state index is -1.14. The maximum Gasteiger partial charge on any atom is 0.327 e. The summed E-state index contributed by atoms with van der Waals surface area (Å²) >= 11 is 0. The standard InChI is InChI=1S/C25H32N4O7/c30-21(4-2-16-1-3-19-20(14-16)36-15-35-19)27-9-11-28(12-10-27)25(34)29-22(24(32)33)18(23(29)31)13-17-5-7-26-8-6-17/h1,3,14,17-18,22,26H,2,4-13,15H2,(H,32,33)/t18-,22+/m1/s1. The van der Waals surface area contributed by atoms with Crippen molar-refractivity contribution in [2.45, 2.75) is 38.1 Å². The average molecular weight is 501 g/mol. The molecule has 0 bridgehead atoms. The van der Waals surface area contributed by atoms with Gasteiger partial charge < -0.3 is 29.7 Å². The lowest BCUT2D eigenvalue weighted by molar-refractivity contribution is -0.167.